The van der Waals surface area contributed by atoms with Crippen molar-refractivity contribution in [3.05, 3.63) is 35.4 Å². The van der Waals surface area contributed by atoms with Crippen LogP contribution < -0.4 is 5.32 Å². The van der Waals surface area contributed by atoms with Crippen LogP contribution in [0.1, 0.15) is 61.4 Å². The number of esters is 1. The fourth-order valence-corrected chi connectivity index (χ4v) is 2.92. The van der Waals surface area contributed by atoms with Crippen LogP contribution in [-0.4, -0.2) is 42.3 Å². The number of rotatable bonds is 9. The quantitative estimate of drug-likeness (QED) is 0.543. The Balaban J connectivity index is 1.63. The molecule has 0 aromatic heterocycles. The molecule has 1 N–H and O–H groups in total. The molecule has 0 atom stereocenters. The van der Waals surface area contributed by atoms with Crippen molar-refractivity contribution in [2.24, 2.45) is 0 Å². The lowest BCUT2D eigenvalue weighted by Gasteiger charge is -2.15. The van der Waals surface area contributed by atoms with Gasteiger partial charge in [-0.05, 0) is 43.4 Å². The molecule has 0 bridgehead atoms. The Morgan fingerprint density at radius 3 is 2.38 bits per heavy atom. The number of hydrogen-bond donors (Lipinski definition) is 1. The summed E-state index contributed by atoms with van der Waals surface area (Å²) in [5, 5.41) is 2.73. The van der Waals surface area contributed by atoms with Crippen LogP contribution in [-0.2, 0) is 20.9 Å². The molecule has 0 aliphatic carbocycles. The first-order valence-electron chi connectivity index (χ1n) is 9.34. The van der Waals surface area contributed by atoms with Crippen molar-refractivity contribution in [1.29, 1.82) is 0 Å². The normalized spacial score (nSPS) is 13.5. The summed E-state index contributed by atoms with van der Waals surface area (Å²) in [5.74, 6) is -0.176. The van der Waals surface area contributed by atoms with E-state index < -0.39 is 0 Å². The number of amides is 2. The van der Waals surface area contributed by atoms with Gasteiger partial charge in [-0.3, -0.25) is 14.4 Å². The lowest BCUT2D eigenvalue weighted by atomic mass is 10.1. The zero-order valence-electron chi connectivity index (χ0n) is 15.5. The average molecular weight is 360 g/mol. The zero-order valence-corrected chi connectivity index (χ0v) is 15.5. The highest BCUT2D eigenvalue weighted by Gasteiger charge is 2.19. The van der Waals surface area contributed by atoms with E-state index in [0.29, 0.717) is 18.5 Å². The second-order valence-electron chi connectivity index (χ2n) is 6.65. The maximum Gasteiger partial charge on any atom is 0.306 e. The lowest BCUT2D eigenvalue weighted by Crippen LogP contribution is -2.27. The first kappa shape index (κ1) is 19.9. The Bertz CT molecular complexity index is 607. The van der Waals surface area contributed by atoms with Crippen LogP contribution in [0.4, 0.5) is 0 Å². The summed E-state index contributed by atoms with van der Waals surface area (Å²) >= 11 is 0. The minimum absolute atomic E-state index is 0.0300. The van der Waals surface area contributed by atoms with Crippen molar-refractivity contribution >= 4 is 17.8 Å². The highest BCUT2D eigenvalue weighted by Crippen LogP contribution is 2.14. The van der Waals surface area contributed by atoms with E-state index in [2.05, 4.69) is 5.32 Å². The molecular weight excluding hydrogens is 332 g/mol. The molecular formula is C20H28N2O4. The van der Waals surface area contributed by atoms with Crippen molar-refractivity contribution in [2.45, 2.75) is 52.1 Å². The summed E-state index contributed by atoms with van der Waals surface area (Å²) in [6, 6.07) is 7.27. The summed E-state index contributed by atoms with van der Waals surface area (Å²) in [4.78, 5) is 36.6. The third kappa shape index (κ3) is 6.86. The van der Waals surface area contributed by atoms with Crippen molar-refractivity contribution in [3.8, 4) is 0 Å². The number of nitrogens with zero attached hydrogens (tertiary/aromatic N) is 1. The van der Waals surface area contributed by atoms with Crippen LogP contribution in [0.25, 0.3) is 0 Å². The molecule has 6 nitrogen and oxygen atoms in total. The Hall–Kier alpha value is -2.37. The van der Waals surface area contributed by atoms with Gasteiger partial charge in [0.1, 0.15) is 6.61 Å². The van der Waals surface area contributed by atoms with Crippen LogP contribution in [0.15, 0.2) is 24.3 Å². The molecule has 26 heavy (non-hydrogen) atoms. The maximum atomic E-state index is 12.3. The molecule has 2 amide bonds. The number of hydrogen-bond acceptors (Lipinski definition) is 4. The van der Waals surface area contributed by atoms with Crippen LogP contribution in [0.3, 0.4) is 0 Å². The number of carbonyl (C=O) groups excluding carboxylic acids is 3. The van der Waals surface area contributed by atoms with Gasteiger partial charge in [-0.25, -0.2) is 0 Å². The van der Waals surface area contributed by atoms with E-state index in [-0.39, 0.29) is 24.4 Å². The molecule has 0 saturated carbocycles. The van der Waals surface area contributed by atoms with E-state index in [1.165, 1.54) is 6.92 Å². The third-order valence-electron chi connectivity index (χ3n) is 4.43. The first-order valence-corrected chi connectivity index (χ1v) is 9.34. The van der Waals surface area contributed by atoms with E-state index in [1.807, 2.05) is 17.0 Å². The fourth-order valence-electron chi connectivity index (χ4n) is 2.92. The van der Waals surface area contributed by atoms with Gasteiger partial charge in [0.25, 0.3) is 5.91 Å². The second-order valence-corrected chi connectivity index (χ2v) is 6.65. The molecule has 1 aliphatic heterocycles. The average Bonchev–Trinajstić information content (AvgIpc) is 3.17. The predicted octanol–water partition coefficient (Wildman–Crippen LogP) is 2.66. The highest BCUT2D eigenvalue weighted by atomic mass is 16.5. The Kier molecular flexibility index (Phi) is 8.12. The number of likely N-dealkylation sites (tertiary alicyclic amines) is 1. The minimum Gasteiger partial charge on any atom is -0.461 e. The van der Waals surface area contributed by atoms with Gasteiger partial charge in [0, 0.05) is 38.5 Å². The Morgan fingerprint density at radius 2 is 1.73 bits per heavy atom. The van der Waals surface area contributed by atoms with Crippen LogP contribution >= 0.6 is 0 Å². The van der Waals surface area contributed by atoms with Crippen molar-refractivity contribution in [3.63, 3.8) is 0 Å². The van der Waals surface area contributed by atoms with E-state index in [0.717, 1.165) is 50.8 Å². The molecule has 0 unspecified atom stereocenters. The molecule has 1 aromatic carbocycles. The molecule has 1 saturated heterocycles. The molecule has 1 aromatic rings. The fraction of sp³-hybridized carbons (Fsp3) is 0.550. The highest BCUT2D eigenvalue weighted by molar-refractivity contribution is 5.94. The molecule has 2 rings (SSSR count). The smallest absolute Gasteiger partial charge is 0.306 e. The standard InChI is InChI=1S/C20H28N2O4/c1-16(23)21-12-4-2-3-7-19(24)26-15-17-8-10-18(11-9-17)20(25)22-13-5-6-14-22/h8-11H,2-7,12-15H2,1H3,(H,21,23). The van der Waals surface area contributed by atoms with Crippen LogP contribution in [0.5, 0.6) is 0 Å². The summed E-state index contributed by atoms with van der Waals surface area (Å²) in [6.45, 7) is 4.04. The SMILES string of the molecule is CC(=O)NCCCCCC(=O)OCc1ccc(C(=O)N2CCCC2)cc1. The van der Waals surface area contributed by atoms with Gasteiger partial charge in [-0.2, -0.15) is 0 Å². The van der Waals surface area contributed by atoms with E-state index in [9.17, 15) is 14.4 Å². The molecule has 1 fully saturated rings. The third-order valence-corrected chi connectivity index (χ3v) is 4.43. The van der Waals surface area contributed by atoms with Crippen molar-refractivity contribution in [1.82, 2.24) is 10.2 Å². The number of unbranched alkanes of at least 4 members (excludes halogenated alkanes) is 2. The summed E-state index contributed by atoms with van der Waals surface area (Å²) < 4.78 is 5.27. The van der Waals surface area contributed by atoms with Gasteiger partial charge in [0.15, 0.2) is 0 Å². The van der Waals surface area contributed by atoms with Gasteiger partial charge in [-0.1, -0.05) is 18.6 Å². The molecule has 0 spiro atoms. The molecule has 1 heterocycles. The van der Waals surface area contributed by atoms with E-state index >= 15 is 0 Å². The number of benzene rings is 1. The van der Waals surface area contributed by atoms with Gasteiger partial charge >= 0.3 is 5.97 Å². The number of ether oxygens (including phenoxy) is 1. The Labute approximate surface area is 154 Å². The lowest BCUT2D eigenvalue weighted by molar-refractivity contribution is -0.145. The predicted molar refractivity (Wildman–Crippen MR) is 98.5 cm³/mol. The molecule has 1 aliphatic rings. The maximum absolute atomic E-state index is 12.3. The van der Waals surface area contributed by atoms with Gasteiger partial charge < -0.3 is 15.0 Å². The molecule has 0 radical (unpaired) electrons. The summed E-state index contributed by atoms with van der Waals surface area (Å²) in [6.07, 6.45) is 5.02. The topological polar surface area (TPSA) is 75.7 Å². The van der Waals surface area contributed by atoms with Crippen molar-refractivity contribution in [2.75, 3.05) is 19.6 Å². The monoisotopic (exact) mass is 360 g/mol. The minimum atomic E-state index is -0.221. The van der Waals surface area contributed by atoms with Crippen LogP contribution in [0, 0.1) is 0 Å². The number of carbonyl (C=O) groups is 3. The van der Waals surface area contributed by atoms with E-state index in [4.69, 9.17) is 4.74 Å². The first-order chi connectivity index (χ1) is 12.6. The largest absolute Gasteiger partial charge is 0.461 e. The van der Waals surface area contributed by atoms with Gasteiger partial charge in [0.05, 0.1) is 0 Å². The summed E-state index contributed by atoms with van der Waals surface area (Å²) in [5.41, 5.74) is 1.56. The molecule has 6 heteroatoms. The van der Waals surface area contributed by atoms with Gasteiger partial charge in [-0.15, -0.1) is 0 Å². The van der Waals surface area contributed by atoms with Crippen LogP contribution in [0.2, 0.25) is 0 Å². The molecule has 142 valence electrons. The summed E-state index contributed by atoms with van der Waals surface area (Å²) in [7, 11) is 0. The second kappa shape index (κ2) is 10.6. The van der Waals surface area contributed by atoms with Crippen molar-refractivity contribution < 1.29 is 19.1 Å². The van der Waals surface area contributed by atoms with Gasteiger partial charge in [0.2, 0.25) is 5.91 Å². The number of nitrogens with one attached hydrogen (secondary N) is 1. The van der Waals surface area contributed by atoms with E-state index in [1.54, 1.807) is 12.1 Å². The Morgan fingerprint density at radius 1 is 1.04 bits per heavy atom. The zero-order chi connectivity index (χ0) is 18.8.